The van der Waals surface area contributed by atoms with Crippen molar-refractivity contribution in [2.45, 2.75) is 25.4 Å². The van der Waals surface area contributed by atoms with Crippen molar-refractivity contribution >= 4 is 29.4 Å². The van der Waals surface area contributed by atoms with Gasteiger partial charge in [0.05, 0.1) is 16.6 Å². The minimum Gasteiger partial charge on any atom is -0.457 e. The molecular formula is C27H28ClN3O2. The van der Waals surface area contributed by atoms with E-state index in [9.17, 15) is 4.79 Å². The van der Waals surface area contributed by atoms with Gasteiger partial charge in [-0.3, -0.25) is 4.57 Å². The second-order valence-corrected chi connectivity index (χ2v) is 8.58. The summed E-state index contributed by atoms with van der Waals surface area (Å²) in [7, 11) is 2.20. The maximum atomic E-state index is 12.5. The van der Waals surface area contributed by atoms with E-state index in [-0.39, 0.29) is 25.0 Å². The van der Waals surface area contributed by atoms with Crippen molar-refractivity contribution in [2.24, 2.45) is 0 Å². The number of esters is 1. The van der Waals surface area contributed by atoms with Crippen LogP contribution in [0.25, 0.3) is 16.7 Å². The predicted molar refractivity (Wildman–Crippen MR) is 133 cm³/mol. The van der Waals surface area contributed by atoms with Crippen LogP contribution in [0.1, 0.15) is 40.2 Å². The van der Waals surface area contributed by atoms with E-state index in [1.54, 1.807) is 6.07 Å². The number of ether oxygens (including phenoxy) is 1. The molecule has 0 N–H and O–H groups in total. The molecule has 0 saturated carbocycles. The van der Waals surface area contributed by atoms with Gasteiger partial charge >= 0.3 is 5.97 Å². The van der Waals surface area contributed by atoms with Crippen LogP contribution in [0, 0.1) is 0 Å². The first-order valence-electron chi connectivity index (χ1n) is 11.1. The van der Waals surface area contributed by atoms with E-state index < -0.39 is 0 Å². The molecule has 33 heavy (non-hydrogen) atoms. The largest absolute Gasteiger partial charge is 0.457 e. The Morgan fingerprint density at radius 3 is 2.73 bits per heavy atom. The van der Waals surface area contributed by atoms with E-state index in [0.29, 0.717) is 11.5 Å². The van der Waals surface area contributed by atoms with Gasteiger partial charge in [-0.15, -0.1) is 12.4 Å². The lowest BCUT2D eigenvalue weighted by atomic mass is 9.90. The molecule has 5 rings (SSSR count). The summed E-state index contributed by atoms with van der Waals surface area (Å²) < 4.78 is 7.56. The molecule has 2 heterocycles. The van der Waals surface area contributed by atoms with Gasteiger partial charge in [0.2, 0.25) is 0 Å². The first-order chi connectivity index (χ1) is 15.7. The van der Waals surface area contributed by atoms with Crippen LogP contribution in [-0.4, -0.2) is 40.6 Å². The van der Waals surface area contributed by atoms with Crippen LogP contribution in [0.4, 0.5) is 0 Å². The summed E-state index contributed by atoms with van der Waals surface area (Å²) >= 11 is 0. The van der Waals surface area contributed by atoms with Gasteiger partial charge in [0.25, 0.3) is 0 Å². The number of imidazole rings is 1. The number of fused-ring (bicyclic) bond motifs is 1. The average molecular weight is 462 g/mol. The van der Waals surface area contributed by atoms with Gasteiger partial charge in [0.1, 0.15) is 12.9 Å². The fourth-order valence-corrected chi connectivity index (χ4v) is 4.52. The molecule has 6 heteroatoms. The third-order valence-electron chi connectivity index (χ3n) is 6.24. The van der Waals surface area contributed by atoms with Crippen molar-refractivity contribution in [1.82, 2.24) is 14.5 Å². The van der Waals surface area contributed by atoms with Crippen LogP contribution in [0.15, 0.2) is 79.1 Å². The molecule has 0 aliphatic carbocycles. The molecule has 5 nitrogen and oxygen atoms in total. The number of likely N-dealkylation sites (N-methyl/N-ethyl adjacent to an activating group) is 1. The first-order valence-corrected chi connectivity index (χ1v) is 11.1. The Hall–Kier alpha value is -3.15. The Morgan fingerprint density at radius 1 is 1.06 bits per heavy atom. The number of nitrogens with zero attached hydrogens (tertiary/aromatic N) is 3. The topological polar surface area (TPSA) is 47.4 Å². The van der Waals surface area contributed by atoms with E-state index in [2.05, 4.69) is 45.8 Å². The average Bonchev–Trinajstić information content (AvgIpc) is 3.27. The predicted octanol–water partition coefficient (Wildman–Crippen LogP) is 5.61. The summed E-state index contributed by atoms with van der Waals surface area (Å²) in [6, 6.07) is 24.0. The van der Waals surface area contributed by atoms with Crippen molar-refractivity contribution in [3.05, 3.63) is 95.8 Å². The summed E-state index contributed by atoms with van der Waals surface area (Å²) in [4.78, 5) is 19.5. The molecule has 1 fully saturated rings. The van der Waals surface area contributed by atoms with Crippen molar-refractivity contribution in [3.8, 4) is 5.69 Å². The first kappa shape index (κ1) is 23.0. The molecule has 0 bridgehead atoms. The number of piperidine rings is 1. The second kappa shape index (κ2) is 10.2. The van der Waals surface area contributed by atoms with Gasteiger partial charge in [-0.25, -0.2) is 9.78 Å². The lowest BCUT2D eigenvalue weighted by molar-refractivity contribution is 0.0473. The normalized spacial score (nSPS) is 16.3. The molecule has 170 valence electrons. The Balaban J connectivity index is 0.00000259. The van der Waals surface area contributed by atoms with Crippen molar-refractivity contribution in [3.63, 3.8) is 0 Å². The van der Waals surface area contributed by atoms with Crippen LogP contribution < -0.4 is 0 Å². The molecule has 1 aliphatic rings. The van der Waals surface area contributed by atoms with Crippen molar-refractivity contribution in [2.75, 3.05) is 20.1 Å². The van der Waals surface area contributed by atoms with Crippen LogP contribution in [0.2, 0.25) is 0 Å². The number of halogens is 1. The summed E-state index contributed by atoms with van der Waals surface area (Å²) in [6.07, 6.45) is 4.30. The van der Waals surface area contributed by atoms with Gasteiger partial charge in [0, 0.05) is 12.2 Å². The molecule has 0 amide bonds. The minimum atomic E-state index is -0.339. The van der Waals surface area contributed by atoms with Crippen molar-refractivity contribution < 1.29 is 9.53 Å². The smallest absolute Gasteiger partial charge is 0.338 e. The molecule has 3 aromatic carbocycles. The Morgan fingerprint density at radius 2 is 1.91 bits per heavy atom. The molecule has 1 aromatic heterocycles. The number of rotatable bonds is 5. The molecule has 0 radical (unpaired) electrons. The van der Waals surface area contributed by atoms with Gasteiger partial charge in [-0.05, 0) is 73.8 Å². The molecular weight excluding hydrogens is 434 g/mol. The molecule has 1 atom stereocenters. The van der Waals surface area contributed by atoms with E-state index in [0.717, 1.165) is 28.8 Å². The Bertz CT molecular complexity index is 1240. The highest BCUT2D eigenvalue weighted by atomic mass is 35.5. The van der Waals surface area contributed by atoms with Gasteiger partial charge in [0.15, 0.2) is 0 Å². The zero-order chi connectivity index (χ0) is 21.9. The second-order valence-electron chi connectivity index (χ2n) is 8.58. The maximum Gasteiger partial charge on any atom is 0.338 e. The third-order valence-corrected chi connectivity index (χ3v) is 6.24. The minimum absolute atomic E-state index is 0. The van der Waals surface area contributed by atoms with Gasteiger partial charge in [-0.1, -0.05) is 42.5 Å². The molecule has 1 unspecified atom stereocenters. The molecule has 4 aromatic rings. The highest BCUT2D eigenvalue weighted by Crippen LogP contribution is 2.28. The third kappa shape index (κ3) is 5.10. The Kier molecular flexibility index (Phi) is 7.11. The molecule has 1 aliphatic heterocycles. The number of carbonyl (C=O) groups is 1. The lowest BCUT2D eigenvalue weighted by Gasteiger charge is -2.30. The van der Waals surface area contributed by atoms with E-state index in [1.165, 1.54) is 24.9 Å². The van der Waals surface area contributed by atoms with Crippen LogP contribution >= 0.6 is 12.4 Å². The standard InChI is InChI=1S/C27H27N3O2.ClH/c1-29-14-6-10-23(17-29)21-9-5-11-24(15-21)30-19-28-25-16-22(12-13-26(25)30)27(31)32-18-20-7-3-2-4-8-20;/h2-5,7-9,11-13,15-16,19,23H,6,10,14,17-18H2,1H3;1H. The fourth-order valence-electron chi connectivity index (χ4n) is 4.52. The van der Waals surface area contributed by atoms with E-state index in [1.807, 2.05) is 48.8 Å². The molecule has 0 spiro atoms. The summed E-state index contributed by atoms with van der Waals surface area (Å²) in [5.74, 6) is 0.225. The fraction of sp³-hybridized carbons (Fsp3) is 0.259. The quantitative estimate of drug-likeness (QED) is 0.362. The number of likely N-dealkylation sites (tertiary alicyclic amines) is 1. The van der Waals surface area contributed by atoms with Crippen LogP contribution in [0.3, 0.4) is 0 Å². The highest BCUT2D eigenvalue weighted by molar-refractivity contribution is 5.94. The van der Waals surface area contributed by atoms with E-state index in [4.69, 9.17) is 4.74 Å². The number of hydrogen-bond acceptors (Lipinski definition) is 4. The summed E-state index contributed by atoms with van der Waals surface area (Å²) in [5.41, 5.74) is 5.70. The van der Waals surface area contributed by atoms with Crippen LogP contribution in [0.5, 0.6) is 0 Å². The zero-order valence-corrected chi connectivity index (χ0v) is 19.5. The highest BCUT2D eigenvalue weighted by Gasteiger charge is 2.19. The Labute approximate surface area is 200 Å². The number of hydrogen-bond donors (Lipinski definition) is 0. The van der Waals surface area contributed by atoms with Gasteiger partial charge < -0.3 is 9.64 Å². The van der Waals surface area contributed by atoms with Gasteiger partial charge in [-0.2, -0.15) is 0 Å². The number of aromatic nitrogens is 2. The summed E-state index contributed by atoms with van der Waals surface area (Å²) in [6.45, 7) is 2.54. The molecule has 1 saturated heterocycles. The number of carbonyl (C=O) groups excluding carboxylic acids is 1. The van der Waals surface area contributed by atoms with Crippen molar-refractivity contribution in [1.29, 1.82) is 0 Å². The monoisotopic (exact) mass is 461 g/mol. The number of benzene rings is 3. The SMILES string of the molecule is CN1CCCC(c2cccc(-n3cnc4cc(C(=O)OCc5ccccc5)ccc43)c2)C1.Cl. The van der Waals surface area contributed by atoms with E-state index >= 15 is 0 Å². The summed E-state index contributed by atoms with van der Waals surface area (Å²) in [5, 5.41) is 0. The van der Waals surface area contributed by atoms with Crippen LogP contribution in [-0.2, 0) is 11.3 Å². The maximum absolute atomic E-state index is 12.5. The zero-order valence-electron chi connectivity index (χ0n) is 18.7. The lowest BCUT2D eigenvalue weighted by Crippen LogP contribution is -2.30.